The molecule has 13 rings (SSSR count). The molecule has 0 atom stereocenters. The van der Waals surface area contributed by atoms with E-state index in [1.165, 1.54) is 31.7 Å². The number of para-hydroxylation sites is 6. The zero-order valence-corrected chi connectivity index (χ0v) is 34.1. The van der Waals surface area contributed by atoms with Crippen molar-refractivity contribution in [1.29, 1.82) is 0 Å². The average molecular weight is 814 g/mol. The first-order chi connectivity index (χ1) is 30.7. The summed E-state index contributed by atoms with van der Waals surface area (Å²) in [5.41, 5.74) is 13.5. The molecule has 0 N–H and O–H groups in total. The van der Waals surface area contributed by atoms with E-state index in [1.807, 2.05) is 30.3 Å². The van der Waals surface area contributed by atoms with E-state index >= 15 is 0 Å². The van der Waals surface area contributed by atoms with Crippen LogP contribution in [0.25, 0.3) is 42.4 Å². The summed E-state index contributed by atoms with van der Waals surface area (Å²) in [4.78, 5) is 9.55. The maximum atomic E-state index is 6.60. The van der Waals surface area contributed by atoms with Gasteiger partial charge in [-0.3, -0.25) is 4.90 Å². The molecule has 0 radical (unpaired) electrons. The van der Waals surface area contributed by atoms with Crippen molar-refractivity contribution in [2.75, 3.05) is 9.80 Å². The van der Waals surface area contributed by atoms with Crippen LogP contribution in [0.1, 0.15) is 22.3 Å². The fraction of sp³-hybridized carbons (Fsp3) is 0.0179. The van der Waals surface area contributed by atoms with Crippen LogP contribution in [-0.4, -0.2) is 4.98 Å². The quantitative estimate of drug-likeness (QED) is 0.167. The SMILES string of the molecule is c1ccc(N(c2ccc3c(c2)-c2ccccc2C32c3ccccc3Oc3ccccc32)c2ccc3sc4cccc(N(c5ccccc5)c5nc6ccccc6o5)c4c3c2)cc1. The Morgan fingerprint density at radius 1 is 0.435 bits per heavy atom. The van der Waals surface area contributed by atoms with E-state index in [1.54, 1.807) is 11.3 Å². The van der Waals surface area contributed by atoms with Gasteiger partial charge in [0.15, 0.2) is 5.58 Å². The van der Waals surface area contributed by atoms with Crippen LogP contribution >= 0.6 is 11.3 Å². The molecule has 292 valence electrons. The van der Waals surface area contributed by atoms with Gasteiger partial charge in [-0.15, -0.1) is 11.3 Å². The summed E-state index contributed by atoms with van der Waals surface area (Å²) >= 11 is 1.80. The van der Waals surface area contributed by atoms with Gasteiger partial charge in [0.2, 0.25) is 0 Å². The van der Waals surface area contributed by atoms with Crippen LogP contribution in [0.2, 0.25) is 0 Å². The van der Waals surface area contributed by atoms with Crippen LogP contribution in [0.4, 0.5) is 34.5 Å². The number of aromatic nitrogens is 1. The van der Waals surface area contributed by atoms with Crippen molar-refractivity contribution < 1.29 is 9.15 Å². The second-order valence-electron chi connectivity index (χ2n) is 15.9. The highest BCUT2D eigenvalue weighted by molar-refractivity contribution is 7.26. The van der Waals surface area contributed by atoms with Gasteiger partial charge in [0.05, 0.1) is 16.8 Å². The maximum absolute atomic E-state index is 6.60. The fourth-order valence-corrected chi connectivity index (χ4v) is 11.1. The number of hydrogen-bond acceptors (Lipinski definition) is 6. The monoisotopic (exact) mass is 813 g/mol. The minimum Gasteiger partial charge on any atom is -0.457 e. The molecular weight excluding hydrogens is 779 g/mol. The number of hydrogen-bond donors (Lipinski definition) is 0. The highest BCUT2D eigenvalue weighted by Crippen LogP contribution is 2.62. The third-order valence-corrected chi connectivity index (χ3v) is 13.7. The second-order valence-corrected chi connectivity index (χ2v) is 16.9. The number of nitrogens with zero attached hydrogens (tertiary/aromatic N) is 3. The number of rotatable bonds is 6. The molecular formula is C56H35N3O2S. The first-order valence-corrected chi connectivity index (χ1v) is 21.7. The van der Waals surface area contributed by atoms with E-state index in [2.05, 4.69) is 192 Å². The van der Waals surface area contributed by atoms with Crippen LogP contribution in [0, 0.1) is 0 Å². The van der Waals surface area contributed by atoms with Crippen molar-refractivity contribution in [3.8, 4) is 22.6 Å². The highest BCUT2D eigenvalue weighted by atomic mass is 32.1. The molecule has 0 amide bonds. The lowest BCUT2D eigenvalue weighted by molar-refractivity contribution is 0.436. The Kier molecular flexibility index (Phi) is 7.62. The van der Waals surface area contributed by atoms with Crippen LogP contribution in [0.3, 0.4) is 0 Å². The summed E-state index contributed by atoms with van der Waals surface area (Å²) in [6, 6.07) is 76.0. The van der Waals surface area contributed by atoms with Crippen LogP contribution < -0.4 is 14.5 Å². The lowest BCUT2D eigenvalue weighted by Crippen LogP contribution is -2.32. The Bertz CT molecular complexity index is 3460. The molecule has 0 saturated heterocycles. The highest BCUT2D eigenvalue weighted by Gasteiger charge is 2.51. The molecule has 0 saturated carbocycles. The molecule has 2 aliphatic rings. The lowest BCUT2D eigenvalue weighted by atomic mass is 9.66. The van der Waals surface area contributed by atoms with Crippen molar-refractivity contribution in [1.82, 2.24) is 4.98 Å². The van der Waals surface area contributed by atoms with Crippen molar-refractivity contribution >= 4 is 77.1 Å². The molecule has 1 spiro atoms. The van der Waals surface area contributed by atoms with Crippen molar-refractivity contribution in [2.24, 2.45) is 0 Å². The molecule has 3 heterocycles. The maximum Gasteiger partial charge on any atom is 0.307 e. The standard InChI is InChI=1S/C56H35N3O2S/c1-3-16-36(17-4-1)58(38-30-32-44-41(34-38)40-20-7-8-21-43(40)56(44)45-22-9-12-26-49(45)60-50-27-13-10-23-46(50)56)39-31-33-52-42(35-39)54-48(25-15-29-53(54)62-52)59(37-18-5-2-6-19-37)55-57-47-24-11-14-28-51(47)61-55/h1-35H. The first kappa shape index (κ1) is 34.9. The van der Waals surface area contributed by atoms with Gasteiger partial charge in [-0.2, -0.15) is 4.98 Å². The molecule has 0 bridgehead atoms. The molecule has 11 aromatic rings. The number of thiophene rings is 1. The largest absolute Gasteiger partial charge is 0.457 e. The molecule has 9 aromatic carbocycles. The third kappa shape index (κ3) is 5.04. The molecule has 5 nitrogen and oxygen atoms in total. The molecule has 2 aromatic heterocycles. The molecule has 62 heavy (non-hydrogen) atoms. The Balaban J connectivity index is 1.02. The van der Waals surface area contributed by atoms with Gasteiger partial charge in [0.1, 0.15) is 17.0 Å². The first-order valence-electron chi connectivity index (χ1n) is 20.9. The molecule has 1 aliphatic carbocycles. The summed E-state index contributed by atoms with van der Waals surface area (Å²) in [5.74, 6) is 1.78. The zero-order chi connectivity index (χ0) is 40.8. The van der Waals surface area contributed by atoms with Gasteiger partial charge >= 0.3 is 6.01 Å². The Morgan fingerprint density at radius 2 is 1.05 bits per heavy atom. The van der Waals surface area contributed by atoms with Crippen LogP contribution in [0.5, 0.6) is 11.5 Å². The van der Waals surface area contributed by atoms with Crippen molar-refractivity contribution in [2.45, 2.75) is 5.41 Å². The minimum absolute atomic E-state index is 0.525. The fourth-order valence-electron chi connectivity index (χ4n) is 10.0. The molecule has 0 fully saturated rings. The molecule has 6 heteroatoms. The topological polar surface area (TPSA) is 41.7 Å². The second kappa shape index (κ2) is 13.5. The van der Waals surface area contributed by atoms with Gasteiger partial charge in [0.25, 0.3) is 0 Å². The van der Waals surface area contributed by atoms with Crippen LogP contribution in [0.15, 0.2) is 217 Å². The average Bonchev–Trinajstić information content (AvgIpc) is 4.01. The number of benzene rings is 9. The normalized spacial score (nSPS) is 13.1. The van der Waals surface area contributed by atoms with Gasteiger partial charge in [-0.05, 0) is 113 Å². The summed E-state index contributed by atoms with van der Waals surface area (Å²) in [5, 5.41) is 2.31. The summed E-state index contributed by atoms with van der Waals surface area (Å²) < 4.78 is 15.5. The summed E-state index contributed by atoms with van der Waals surface area (Å²) in [6.45, 7) is 0. The summed E-state index contributed by atoms with van der Waals surface area (Å²) in [7, 11) is 0. The Hall–Kier alpha value is -7.93. The number of fused-ring (bicyclic) bond motifs is 13. The Labute approximate surface area is 362 Å². The predicted molar refractivity (Wildman–Crippen MR) is 254 cm³/mol. The van der Waals surface area contributed by atoms with E-state index in [0.29, 0.717) is 6.01 Å². The third-order valence-electron chi connectivity index (χ3n) is 12.5. The predicted octanol–water partition coefficient (Wildman–Crippen LogP) is 15.6. The lowest BCUT2D eigenvalue weighted by Gasteiger charge is -2.39. The number of anilines is 6. The smallest absolute Gasteiger partial charge is 0.307 e. The van der Waals surface area contributed by atoms with Gasteiger partial charge in [-0.1, -0.05) is 121 Å². The van der Waals surface area contributed by atoms with Gasteiger partial charge in [0, 0.05) is 48.4 Å². The number of oxazole rings is 1. The van der Waals surface area contributed by atoms with Gasteiger partial charge < -0.3 is 14.1 Å². The van der Waals surface area contributed by atoms with E-state index in [4.69, 9.17) is 14.1 Å². The molecule has 1 aliphatic heterocycles. The summed E-state index contributed by atoms with van der Waals surface area (Å²) in [6.07, 6.45) is 0. The zero-order valence-electron chi connectivity index (χ0n) is 33.3. The Morgan fingerprint density at radius 3 is 1.81 bits per heavy atom. The number of ether oxygens (including phenoxy) is 1. The van der Waals surface area contributed by atoms with E-state index in [0.717, 1.165) is 72.9 Å². The van der Waals surface area contributed by atoms with Crippen molar-refractivity contribution in [3.63, 3.8) is 0 Å². The van der Waals surface area contributed by atoms with E-state index in [-0.39, 0.29) is 0 Å². The van der Waals surface area contributed by atoms with E-state index in [9.17, 15) is 0 Å². The van der Waals surface area contributed by atoms with Gasteiger partial charge in [-0.25, -0.2) is 0 Å². The van der Waals surface area contributed by atoms with Crippen molar-refractivity contribution in [3.05, 3.63) is 235 Å². The van der Waals surface area contributed by atoms with E-state index < -0.39 is 5.41 Å². The minimum atomic E-state index is -0.530. The molecule has 0 unspecified atom stereocenters. The van der Waals surface area contributed by atoms with Crippen LogP contribution in [-0.2, 0) is 5.41 Å².